The molecule has 1 aliphatic rings. The first-order chi connectivity index (χ1) is 14.8. The molecule has 2 heterocycles. The lowest BCUT2D eigenvalue weighted by Crippen LogP contribution is -2.49. The van der Waals surface area contributed by atoms with Gasteiger partial charge in [0.15, 0.2) is 17.2 Å². The highest BCUT2D eigenvalue weighted by Gasteiger charge is 2.48. The van der Waals surface area contributed by atoms with E-state index in [4.69, 9.17) is 4.74 Å². The van der Waals surface area contributed by atoms with Gasteiger partial charge < -0.3 is 14.6 Å². The molecule has 0 radical (unpaired) electrons. The number of nitrogens with zero attached hydrogens (tertiary/aromatic N) is 1. The Hall–Kier alpha value is -4.01. The van der Waals surface area contributed by atoms with Crippen molar-refractivity contribution >= 4 is 11.9 Å². The van der Waals surface area contributed by atoms with Gasteiger partial charge in [-0.05, 0) is 42.8 Å². The molecule has 1 atom stereocenters. The van der Waals surface area contributed by atoms with Crippen LogP contribution in [0.15, 0.2) is 65.6 Å². The highest BCUT2D eigenvalue weighted by molar-refractivity contribution is 6.07. The van der Waals surface area contributed by atoms with Gasteiger partial charge in [0.05, 0.1) is 6.54 Å². The van der Waals surface area contributed by atoms with E-state index in [9.17, 15) is 23.2 Å². The maximum Gasteiger partial charge on any atom is 0.322 e. The number of nitrogens with one attached hydrogen (secondary N) is 2. The zero-order valence-electron chi connectivity index (χ0n) is 16.3. The number of hydrogen-bond acceptors (Lipinski definition) is 4. The van der Waals surface area contributed by atoms with E-state index in [1.165, 1.54) is 22.9 Å². The van der Waals surface area contributed by atoms with Crippen molar-refractivity contribution in [1.82, 2.24) is 15.2 Å². The van der Waals surface area contributed by atoms with Crippen LogP contribution in [0.5, 0.6) is 11.5 Å². The van der Waals surface area contributed by atoms with E-state index >= 15 is 0 Å². The lowest BCUT2D eigenvalue weighted by Gasteiger charge is -2.28. The first kappa shape index (κ1) is 20.3. The highest BCUT2D eigenvalue weighted by atomic mass is 19.2. The third-order valence-electron chi connectivity index (χ3n) is 5.01. The van der Waals surface area contributed by atoms with E-state index in [-0.39, 0.29) is 23.6 Å². The van der Waals surface area contributed by atoms with Gasteiger partial charge in [-0.15, -0.1) is 0 Å². The van der Waals surface area contributed by atoms with Gasteiger partial charge in [-0.1, -0.05) is 18.2 Å². The van der Waals surface area contributed by atoms with Crippen molar-refractivity contribution in [2.75, 3.05) is 0 Å². The number of amides is 3. The summed E-state index contributed by atoms with van der Waals surface area (Å²) in [5, 5.41) is 4.82. The Kier molecular flexibility index (Phi) is 5.02. The van der Waals surface area contributed by atoms with Crippen LogP contribution in [0.3, 0.4) is 0 Å². The highest BCUT2D eigenvalue weighted by Crippen LogP contribution is 2.31. The number of urea groups is 1. The fraction of sp³-hybridized carbons (Fsp3) is 0.136. The van der Waals surface area contributed by atoms with Gasteiger partial charge in [-0.25, -0.2) is 13.6 Å². The normalized spacial score (nSPS) is 17.9. The molecular formula is C22H17F2N3O4. The molecule has 1 fully saturated rings. The van der Waals surface area contributed by atoms with E-state index < -0.39 is 29.1 Å². The number of rotatable bonds is 5. The molecule has 2 aromatic carbocycles. The monoisotopic (exact) mass is 425 g/mol. The molecule has 0 saturated carbocycles. The maximum atomic E-state index is 13.5. The van der Waals surface area contributed by atoms with E-state index in [2.05, 4.69) is 10.6 Å². The predicted octanol–water partition coefficient (Wildman–Crippen LogP) is 2.96. The molecule has 2 N–H and O–H groups in total. The standard InChI is InChI=1S/C22H17F2N3O4/c1-13-4-3-9-27(19(13)28)12-22(20(29)25-21(30)26-22)14-5-2-6-15(10-14)31-16-7-8-17(23)18(24)11-16/h2-11H,12H2,1H3,(H2,25,26,29,30). The molecule has 158 valence electrons. The number of carbonyl (C=O) groups is 2. The van der Waals surface area contributed by atoms with E-state index in [1.807, 2.05) is 0 Å². The summed E-state index contributed by atoms with van der Waals surface area (Å²) < 4.78 is 33.6. The van der Waals surface area contributed by atoms with Gasteiger partial charge in [0.1, 0.15) is 11.5 Å². The van der Waals surface area contributed by atoms with Crippen LogP contribution >= 0.6 is 0 Å². The predicted molar refractivity (Wildman–Crippen MR) is 107 cm³/mol. The topological polar surface area (TPSA) is 89.4 Å². The van der Waals surface area contributed by atoms with Gasteiger partial charge in [-0.3, -0.25) is 14.9 Å². The molecule has 0 bridgehead atoms. The molecule has 3 aromatic rings. The van der Waals surface area contributed by atoms with Gasteiger partial charge in [0.2, 0.25) is 0 Å². The van der Waals surface area contributed by atoms with Crippen LogP contribution in [0.4, 0.5) is 13.6 Å². The minimum Gasteiger partial charge on any atom is -0.457 e. The lowest BCUT2D eigenvalue weighted by atomic mass is 9.89. The Morgan fingerprint density at radius 1 is 0.968 bits per heavy atom. The minimum absolute atomic E-state index is 0.0555. The molecule has 0 aliphatic carbocycles. The molecule has 1 unspecified atom stereocenters. The summed E-state index contributed by atoms with van der Waals surface area (Å²) in [5.41, 5.74) is -1.03. The van der Waals surface area contributed by atoms with E-state index in [0.717, 1.165) is 12.1 Å². The van der Waals surface area contributed by atoms with Crippen LogP contribution in [0.2, 0.25) is 0 Å². The number of carbonyl (C=O) groups excluding carboxylic acids is 2. The van der Waals surface area contributed by atoms with Crippen LogP contribution in [0.25, 0.3) is 0 Å². The first-order valence-corrected chi connectivity index (χ1v) is 9.31. The van der Waals surface area contributed by atoms with Crippen molar-refractivity contribution in [3.63, 3.8) is 0 Å². The molecule has 0 spiro atoms. The second-order valence-electron chi connectivity index (χ2n) is 7.14. The summed E-state index contributed by atoms with van der Waals surface area (Å²) >= 11 is 0. The lowest BCUT2D eigenvalue weighted by molar-refractivity contribution is -0.124. The molecule has 1 aromatic heterocycles. The number of aryl methyl sites for hydroxylation is 1. The van der Waals surface area contributed by atoms with Crippen molar-refractivity contribution in [1.29, 1.82) is 0 Å². The fourth-order valence-electron chi connectivity index (χ4n) is 3.44. The molecule has 1 saturated heterocycles. The van der Waals surface area contributed by atoms with Crippen molar-refractivity contribution in [3.8, 4) is 11.5 Å². The largest absolute Gasteiger partial charge is 0.457 e. The Morgan fingerprint density at radius 2 is 1.74 bits per heavy atom. The van der Waals surface area contributed by atoms with Crippen molar-refractivity contribution in [2.45, 2.75) is 19.0 Å². The average molecular weight is 425 g/mol. The summed E-state index contributed by atoms with van der Waals surface area (Å²) in [6.07, 6.45) is 1.52. The summed E-state index contributed by atoms with van der Waals surface area (Å²) in [6.45, 7) is 1.49. The zero-order chi connectivity index (χ0) is 22.2. The molecule has 31 heavy (non-hydrogen) atoms. The van der Waals surface area contributed by atoms with E-state index in [1.54, 1.807) is 37.3 Å². The number of hydrogen-bond donors (Lipinski definition) is 2. The van der Waals surface area contributed by atoms with Crippen LogP contribution < -0.4 is 20.9 Å². The third-order valence-corrected chi connectivity index (χ3v) is 5.01. The van der Waals surface area contributed by atoms with Crippen molar-refractivity contribution < 1.29 is 23.1 Å². The second kappa shape index (κ2) is 7.67. The maximum absolute atomic E-state index is 13.5. The smallest absolute Gasteiger partial charge is 0.322 e. The summed E-state index contributed by atoms with van der Waals surface area (Å²) in [7, 11) is 0. The third kappa shape index (κ3) is 3.77. The Morgan fingerprint density at radius 3 is 2.45 bits per heavy atom. The van der Waals surface area contributed by atoms with Crippen LogP contribution in [-0.4, -0.2) is 16.5 Å². The number of pyridine rings is 1. The zero-order valence-corrected chi connectivity index (χ0v) is 16.3. The Balaban J connectivity index is 1.74. The molecule has 3 amide bonds. The van der Waals surface area contributed by atoms with Crippen LogP contribution in [0, 0.1) is 18.6 Å². The number of benzene rings is 2. The molecule has 1 aliphatic heterocycles. The second-order valence-corrected chi connectivity index (χ2v) is 7.14. The summed E-state index contributed by atoms with van der Waals surface area (Å²) in [4.78, 5) is 37.3. The number of ether oxygens (including phenoxy) is 1. The quantitative estimate of drug-likeness (QED) is 0.615. The van der Waals surface area contributed by atoms with Crippen LogP contribution in [-0.2, 0) is 16.9 Å². The molecular weight excluding hydrogens is 408 g/mol. The van der Waals surface area contributed by atoms with Gasteiger partial charge in [0, 0.05) is 17.8 Å². The average Bonchev–Trinajstić information content (AvgIpc) is 3.02. The van der Waals surface area contributed by atoms with Crippen molar-refractivity contribution in [2.24, 2.45) is 0 Å². The summed E-state index contributed by atoms with van der Waals surface area (Å²) in [5.74, 6) is -2.41. The molecule has 7 nitrogen and oxygen atoms in total. The van der Waals surface area contributed by atoms with E-state index in [0.29, 0.717) is 11.1 Å². The Bertz CT molecular complexity index is 1260. The Labute approximate surface area is 175 Å². The van der Waals surface area contributed by atoms with Gasteiger partial charge in [-0.2, -0.15) is 0 Å². The summed E-state index contributed by atoms with van der Waals surface area (Å²) in [6, 6.07) is 12.0. The number of aromatic nitrogens is 1. The minimum atomic E-state index is -1.57. The fourth-order valence-corrected chi connectivity index (χ4v) is 3.44. The molecule has 9 heteroatoms. The van der Waals surface area contributed by atoms with Gasteiger partial charge >= 0.3 is 6.03 Å². The number of imide groups is 1. The first-order valence-electron chi connectivity index (χ1n) is 9.31. The van der Waals surface area contributed by atoms with Crippen molar-refractivity contribution in [3.05, 3.63) is 93.9 Å². The molecule has 4 rings (SSSR count). The number of halogens is 2. The van der Waals surface area contributed by atoms with Gasteiger partial charge in [0.25, 0.3) is 11.5 Å². The SMILES string of the molecule is Cc1cccn(CC2(c3cccc(Oc4ccc(F)c(F)c4)c3)NC(=O)NC2=O)c1=O. The van der Waals surface area contributed by atoms with Crippen LogP contribution in [0.1, 0.15) is 11.1 Å².